The summed E-state index contributed by atoms with van der Waals surface area (Å²) in [6, 6.07) is 7.32. The van der Waals surface area contributed by atoms with Gasteiger partial charge in [0.2, 0.25) is 0 Å². The summed E-state index contributed by atoms with van der Waals surface area (Å²) in [5.74, 6) is 0.309. The Morgan fingerprint density at radius 1 is 1.33 bits per heavy atom. The number of hydrogen-bond donors (Lipinski definition) is 0. The van der Waals surface area contributed by atoms with Crippen molar-refractivity contribution in [3.05, 3.63) is 34.9 Å². The van der Waals surface area contributed by atoms with Gasteiger partial charge >= 0.3 is 5.97 Å². The predicted octanol–water partition coefficient (Wildman–Crippen LogP) is 2.20. The molecule has 1 aliphatic rings. The van der Waals surface area contributed by atoms with Crippen molar-refractivity contribution in [2.75, 3.05) is 13.7 Å². The molecule has 0 atom stereocenters. The Balaban J connectivity index is 2.34. The van der Waals surface area contributed by atoms with Crippen molar-refractivity contribution in [3.63, 3.8) is 0 Å². The monoisotopic (exact) mass is 224 g/mol. The van der Waals surface area contributed by atoms with E-state index in [9.17, 15) is 4.79 Å². The molecule has 2 rings (SSSR count). The van der Waals surface area contributed by atoms with Gasteiger partial charge in [-0.2, -0.15) is 0 Å². The molecule has 0 aliphatic carbocycles. The van der Waals surface area contributed by atoms with Crippen molar-refractivity contribution >= 4 is 23.1 Å². The van der Waals surface area contributed by atoms with Crippen LogP contribution in [-0.4, -0.2) is 19.7 Å². The lowest BCUT2D eigenvalue weighted by atomic mass is 10.1. The second kappa shape index (κ2) is 3.95. The second-order valence-corrected chi connectivity index (χ2v) is 3.48. The van der Waals surface area contributed by atoms with Gasteiger partial charge in [-0.05, 0) is 17.7 Å². The van der Waals surface area contributed by atoms with Gasteiger partial charge in [0.1, 0.15) is 17.4 Å². The topological polar surface area (TPSA) is 35.5 Å². The number of carbonyl (C=O) groups excluding carboxylic acids is 1. The van der Waals surface area contributed by atoms with Crippen LogP contribution in [0.25, 0.3) is 5.57 Å². The number of benzene rings is 1. The number of cyclic esters (lactones) is 1. The highest BCUT2D eigenvalue weighted by Crippen LogP contribution is 2.29. The lowest BCUT2D eigenvalue weighted by Crippen LogP contribution is -1.93. The van der Waals surface area contributed by atoms with Crippen LogP contribution in [0.3, 0.4) is 0 Å². The van der Waals surface area contributed by atoms with E-state index in [4.69, 9.17) is 21.1 Å². The van der Waals surface area contributed by atoms with Crippen molar-refractivity contribution in [1.82, 2.24) is 0 Å². The van der Waals surface area contributed by atoms with E-state index in [0.29, 0.717) is 0 Å². The van der Waals surface area contributed by atoms with Crippen LogP contribution in [0.15, 0.2) is 29.3 Å². The van der Waals surface area contributed by atoms with Gasteiger partial charge in [-0.15, -0.1) is 0 Å². The number of hydrogen-bond acceptors (Lipinski definition) is 3. The molecule has 1 aliphatic heterocycles. The van der Waals surface area contributed by atoms with Gasteiger partial charge in [0, 0.05) is 5.57 Å². The fourth-order valence-corrected chi connectivity index (χ4v) is 1.61. The summed E-state index contributed by atoms with van der Waals surface area (Å²) in [6.45, 7) is 0.240. The second-order valence-electron chi connectivity index (χ2n) is 3.10. The smallest absolute Gasteiger partial charge is 0.350 e. The summed E-state index contributed by atoms with van der Waals surface area (Å²) in [5.41, 5.74) is 1.61. The zero-order valence-electron chi connectivity index (χ0n) is 8.12. The predicted molar refractivity (Wildman–Crippen MR) is 56.7 cm³/mol. The van der Waals surface area contributed by atoms with Crippen LogP contribution in [0.1, 0.15) is 5.56 Å². The first-order valence-electron chi connectivity index (χ1n) is 4.42. The average molecular weight is 225 g/mol. The van der Waals surface area contributed by atoms with Crippen molar-refractivity contribution in [1.29, 1.82) is 0 Å². The van der Waals surface area contributed by atoms with Crippen molar-refractivity contribution in [3.8, 4) is 5.75 Å². The summed E-state index contributed by atoms with van der Waals surface area (Å²) in [7, 11) is 1.60. The minimum Gasteiger partial charge on any atom is -0.497 e. The molecule has 15 heavy (non-hydrogen) atoms. The van der Waals surface area contributed by atoms with Gasteiger partial charge in [-0.25, -0.2) is 4.79 Å². The van der Waals surface area contributed by atoms with E-state index in [2.05, 4.69) is 0 Å². The van der Waals surface area contributed by atoms with Gasteiger partial charge in [0.05, 0.1) is 7.11 Å². The lowest BCUT2D eigenvalue weighted by molar-refractivity contribution is -0.135. The maximum absolute atomic E-state index is 11.0. The Hall–Kier alpha value is -1.48. The average Bonchev–Trinajstić information content (AvgIpc) is 2.60. The first kappa shape index (κ1) is 10.1. The van der Waals surface area contributed by atoms with Crippen LogP contribution in [0.2, 0.25) is 0 Å². The quantitative estimate of drug-likeness (QED) is 0.723. The number of methoxy groups -OCH3 is 1. The van der Waals surface area contributed by atoms with E-state index >= 15 is 0 Å². The molecule has 1 aromatic rings. The molecular formula is C11H9ClO3. The van der Waals surface area contributed by atoms with Crippen molar-refractivity contribution in [2.45, 2.75) is 0 Å². The molecule has 78 valence electrons. The lowest BCUT2D eigenvalue weighted by Gasteiger charge is -2.03. The number of esters is 1. The van der Waals surface area contributed by atoms with Crippen molar-refractivity contribution in [2.24, 2.45) is 0 Å². The number of halogens is 1. The summed E-state index contributed by atoms with van der Waals surface area (Å²) in [4.78, 5) is 11.0. The summed E-state index contributed by atoms with van der Waals surface area (Å²) in [5, 5.41) is 0.167. The molecule has 0 saturated heterocycles. The number of ether oxygens (including phenoxy) is 2. The van der Waals surface area contributed by atoms with Crippen LogP contribution in [0.4, 0.5) is 0 Å². The molecule has 0 saturated carbocycles. The summed E-state index contributed by atoms with van der Waals surface area (Å²) in [6.07, 6.45) is 0. The third-order valence-electron chi connectivity index (χ3n) is 2.23. The van der Waals surface area contributed by atoms with E-state index in [1.54, 1.807) is 7.11 Å². The SMILES string of the molecule is COc1ccc(C2=C(Cl)C(=O)OC2)cc1. The first-order valence-corrected chi connectivity index (χ1v) is 4.80. The zero-order chi connectivity index (χ0) is 10.8. The number of rotatable bonds is 2. The van der Waals surface area contributed by atoms with Gasteiger partial charge in [0.25, 0.3) is 0 Å². The minimum atomic E-state index is -0.456. The Kier molecular flexibility index (Phi) is 2.64. The molecule has 0 bridgehead atoms. The van der Waals surface area contributed by atoms with Gasteiger partial charge in [-0.1, -0.05) is 23.7 Å². The van der Waals surface area contributed by atoms with E-state index < -0.39 is 5.97 Å². The fourth-order valence-electron chi connectivity index (χ4n) is 1.39. The van der Waals surface area contributed by atoms with Crippen molar-refractivity contribution < 1.29 is 14.3 Å². The molecule has 4 heteroatoms. The molecule has 0 unspecified atom stereocenters. The highest BCUT2D eigenvalue weighted by atomic mass is 35.5. The van der Waals surface area contributed by atoms with Crippen LogP contribution in [0, 0.1) is 0 Å². The van der Waals surface area contributed by atoms with E-state index in [1.165, 1.54) is 0 Å². The molecule has 1 aromatic carbocycles. The highest BCUT2D eigenvalue weighted by molar-refractivity contribution is 6.45. The van der Waals surface area contributed by atoms with E-state index in [0.717, 1.165) is 16.9 Å². The van der Waals surface area contributed by atoms with Crippen LogP contribution >= 0.6 is 11.6 Å². The Morgan fingerprint density at radius 2 is 2.00 bits per heavy atom. The molecule has 3 nitrogen and oxygen atoms in total. The molecule has 1 heterocycles. The largest absolute Gasteiger partial charge is 0.497 e. The maximum atomic E-state index is 11.0. The van der Waals surface area contributed by atoms with Crippen LogP contribution in [0.5, 0.6) is 5.75 Å². The standard InChI is InChI=1S/C11H9ClO3/c1-14-8-4-2-7(3-5-8)9-6-15-11(13)10(9)12/h2-5H,6H2,1H3. The van der Waals surface area contributed by atoms with Gasteiger partial charge in [-0.3, -0.25) is 0 Å². The van der Waals surface area contributed by atoms with E-state index in [1.807, 2.05) is 24.3 Å². The Bertz CT molecular complexity index is 420. The Morgan fingerprint density at radius 3 is 2.47 bits per heavy atom. The van der Waals surface area contributed by atoms with Crippen LogP contribution in [-0.2, 0) is 9.53 Å². The minimum absolute atomic E-state index is 0.167. The third kappa shape index (κ3) is 1.83. The zero-order valence-corrected chi connectivity index (χ0v) is 8.88. The van der Waals surface area contributed by atoms with Crippen LogP contribution < -0.4 is 4.74 Å². The molecule has 0 radical (unpaired) electrons. The van der Waals surface area contributed by atoms with Gasteiger partial charge in [0.15, 0.2) is 0 Å². The molecular weight excluding hydrogens is 216 g/mol. The fraction of sp³-hybridized carbons (Fsp3) is 0.182. The highest BCUT2D eigenvalue weighted by Gasteiger charge is 2.23. The Labute approximate surface area is 92.3 Å². The molecule has 0 fully saturated rings. The number of carbonyl (C=O) groups is 1. The molecule has 0 aromatic heterocycles. The summed E-state index contributed by atoms with van der Waals surface area (Å²) >= 11 is 5.81. The molecule has 0 amide bonds. The van der Waals surface area contributed by atoms with Gasteiger partial charge < -0.3 is 9.47 Å². The molecule has 0 spiro atoms. The normalized spacial score (nSPS) is 15.5. The molecule has 0 N–H and O–H groups in total. The van der Waals surface area contributed by atoms with E-state index in [-0.39, 0.29) is 11.6 Å². The first-order chi connectivity index (χ1) is 7.22. The third-order valence-corrected chi connectivity index (χ3v) is 2.61. The summed E-state index contributed by atoms with van der Waals surface area (Å²) < 4.78 is 9.85. The maximum Gasteiger partial charge on any atom is 0.350 e.